The third-order valence-electron chi connectivity index (χ3n) is 3.34. The zero-order chi connectivity index (χ0) is 15.5. The summed E-state index contributed by atoms with van der Waals surface area (Å²) in [6, 6.07) is 3.07. The van der Waals surface area contributed by atoms with E-state index in [1.807, 2.05) is 19.1 Å². The number of nitrogens with zero attached hydrogens (tertiary/aromatic N) is 1. The van der Waals surface area contributed by atoms with Crippen LogP contribution in [0.15, 0.2) is 29.2 Å². The van der Waals surface area contributed by atoms with Gasteiger partial charge in [-0.3, -0.25) is 0 Å². The van der Waals surface area contributed by atoms with Gasteiger partial charge in [0.25, 0.3) is 0 Å². The van der Waals surface area contributed by atoms with Crippen LogP contribution < -0.4 is 5.32 Å². The number of benzene rings is 1. The third-order valence-corrected chi connectivity index (χ3v) is 6.15. The van der Waals surface area contributed by atoms with Crippen LogP contribution in [0.4, 0.5) is 0 Å². The van der Waals surface area contributed by atoms with Gasteiger partial charge in [0.15, 0.2) is 0 Å². The quantitative estimate of drug-likeness (QED) is 0.832. The van der Waals surface area contributed by atoms with Gasteiger partial charge in [-0.15, -0.1) is 0 Å². The summed E-state index contributed by atoms with van der Waals surface area (Å²) in [7, 11) is -3.59. The molecule has 2 rings (SSSR count). The van der Waals surface area contributed by atoms with Gasteiger partial charge in [0, 0.05) is 30.2 Å². The first-order valence-corrected chi connectivity index (χ1v) is 9.00. The van der Waals surface area contributed by atoms with Crippen LogP contribution in [-0.2, 0) is 16.6 Å². The molecule has 0 fully saturated rings. The van der Waals surface area contributed by atoms with Gasteiger partial charge in [-0.2, -0.15) is 4.31 Å². The maximum Gasteiger partial charge on any atom is 0.244 e. The van der Waals surface area contributed by atoms with Crippen molar-refractivity contribution in [3.8, 4) is 0 Å². The molecule has 0 bridgehead atoms. The number of sulfonamides is 1. The molecule has 0 atom stereocenters. The van der Waals surface area contributed by atoms with E-state index in [0.29, 0.717) is 36.6 Å². The minimum Gasteiger partial charge on any atom is -0.313 e. The first-order valence-electron chi connectivity index (χ1n) is 6.81. The van der Waals surface area contributed by atoms with Gasteiger partial charge in [-0.25, -0.2) is 8.42 Å². The molecule has 116 valence electrons. The Morgan fingerprint density at radius 3 is 2.67 bits per heavy atom. The SMILES string of the molecule is CCNCc1c(Cl)ccc(S(=O)(=O)N2CC=CCC2)c1Cl. The van der Waals surface area contributed by atoms with Crippen molar-refractivity contribution in [2.75, 3.05) is 19.6 Å². The van der Waals surface area contributed by atoms with Gasteiger partial charge in [0.05, 0.1) is 5.02 Å². The molecule has 0 aromatic heterocycles. The van der Waals surface area contributed by atoms with E-state index >= 15 is 0 Å². The van der Waals surface area contributed by atoms with Gasteiger partial charge in [-0.1, -0.05) is 42.3 Å². The van der Waals surface area contributed by atoms with Gasteiger partial charge >= 0.3 is 0 Å². The molecule has 4 nitrogen and oxygen atoms in total. The van der Waals surface area contributed by atoms with E-state index in [1.54, 1.807) is 6.07 Å². The van der Waals surface area contributed by atoms with Crippen LogP contribution in [0.1, 0.15) is 18.9 Å². The molecule has 0 saturated carbocycles. The summed E-state index contributed by atoms with van der Waals surface area (Å²) < 4.78 is 26.8. The zero-order valence-electron chi connectivity index (χ0n) is 11.8. The molecule has 0 saturated heterocycles. The normalized spacial score (nSPS) is 16.3. The second-order valence-electron chi connectivity index (χ2n) is 4.74. The van der Waals surface area contributed by atoms with E-state index in [-0.39, 0.29) is 9.92 Å². The molecule has 1 heterocycles. The van der Waals surface area contributed by atoms with Crippen molar-refractivity contribution in [3.63, 3.8) is 0 Å². The summed E-state index contributed by atoms with van der Waals surface area (Å²) in [6.07, 6.45) is 4.55. The summed E-state index contributed by atoms with van der Waals surface area (Å²) in [4.78, 5) is 0.122. The highest BCUT2D eigenvalue weighted by Crippen LogP contribution is 2.33. The van der Waals surface area contributed by atoms with Crippen LogP contribution in [0.3, 0.4) is 0 Å². The van der Waals surface area contributed by atoms with E-state index in [2.05, 4.69) is 5.32 Å². The second kappa shape index (κ2) is 7.11. The fourth-order valence-corrected chi connectivity index (χ4v) is 4.46. The van der Waals surface area contributed by atoms with E-state index in [0.717, 1.165) is 6.54 Å². The van der Waals surface area contributed by atoms with E-state index in [9.17, 15) is 8.42 Å². The molecule has 21 heavy (non-hydrogen) atoms. The summed E-state index contributed by atoms with van der Waals surface area (Å²) >= 11 is 12.4. The Labute approximate surface area is 135 Å². The van der Waals surface area contributed by atoms with Crippen molar-refractivity contribution in [1.82, 2.24) is 9.62 Å². The molecular formula is C14H18Cl2N2O2S. The Bertz CT molecular complexity index is 645. The van der Waals surface area contributed by atoms with Crippen LogP contribution in [0.2, 0.25) is 10.0 Å². The smallest absolute Gasteiger partial charge is 0.244 e. The summed E-state index contributed by atoms with van der Waals surface area (Å²) in [6.45, 7) is 4.00. The fourth-order valence-electron chi connectivity index (χ4n) is 2.16. The lowest BCUT2D eigenvalue weighted by Gasteiger charge is -2.24. The number of hydrogen-bond donors (Lipinski definition) is 1. The molecule has 0 unspecified atom stereocenters. The molecule has 0 radical (unpaired) electrons. The maximum atomic E-state index is 12.7. The number of halogens is 2. The average molecular weight is 349 g/mol. The van der Waals surface area contributed by atoms with Gasteiger partial charge < -0.3 is 5.32 Å². The molecule has 0 aliphatic carbocycles. The highest BCUT2D eigenvalue weighted by molar-refractivity contribution is 7.89. The maximum absolute atomic E-state index is 12.7. The minimum absolute atomic E-state index is 0.122. The lowest BCUT2D eigenvalue weighted by Crippen LogP contribution is -2.34. The van der Waals surface area contributed by atoms with Crippen molar-refractivity contribution in [2.45, 2.75) is 24.8 Å². The molecular weight excluding hydrogens is 331 g/mol. The topological polar surface area (TPSA) is 49.4 Å². The largest absolute Gasteiger partial charge is 0.313 e. The van der Waals surface area contributed by atoms with E-state index in [4.69, 9.17) is 23.2 Å². The van der Waals surface area contributed by atoms with Crippen molar-refractivity contribution in [2.24, 2.45) is 0 Å². The molecule has 1 N–H and O–H groups in total. The first-order chi connectivity index (χ1) is 9.98. The Morgan fingerprint density at radius 1 is 1.29 bits per heavy atom. The van der Waals surface area contributed by atoms with Crippen molar-refractivity contribution in [1.29, 1.82) is 0 Å². The minimum atomic E-state index is -3.59. The Hall–Kier alpha value is -0.590. The lowest BCUT2D eigenvalue weighted by molar-refractivity contribution is 0.437. The van der Waals surface area contributed by atoms with E-state index < -0.39 is 10.0 Å². The van der Waals surface area contributed by atoms with Crippen molar-refractivity contribution in [3.05, 3.63) is 39.9 Å². The predicted molar refractivity (Wildman–Crippen MR) is 86.4 cm³/mol. The molecule has 1 aromatic rings. The number of rotatable bonds is 5. The van der Waals surface area contributed by atoms with E-state index in [1.165, 1.54) is 10.4 Å². The highest BCUT2D eigenvalue weighted by atomic mass is 35.5. The second-order valence-corrected chi connectivity index (χ2v) is 7.43. The van der Waals surface area contributed by atoms with Crippen molar-refractivity contribution < 1.29 is 8.42 Å². The summed E-state index contributed by atoms with van der Waals surface area (Å²) in [5, 5.41) is 3.79. The number of hydrogen-bond acceptors (Lipinski definition) is 3. The average Bonchev–Trinajstić information content (AvgIpc) is 2.48. The Balaban J connectivity index is 2.41. The number of nitrogens with one attached hydrogen (secondary N) is 1. The van der Waals surface area contributed by atoms with Crippen LogP contribution in [-0.4, -0.2) is 32.4 Å². The monoisotopic (exact) mass is 348 g/mol. The molecule has 1 aliphatic rings. The molecule has 0 amide bonds. The Morgan fingerprint density at radius 2 is 2.05 bits per heavy atom. The summed E-state index contributed by atoms with van der Waals surface area (Å²) in [5.74, 6) is 0. The van der Waals surface area contributed by atoms with Gasteiger partial charge in [0.2, 0.25) is 10.0 Å². The van der Waals surface area contributed by atoms with Gasteiger partial charge in [0.1, 0.15) is 4.90 Å². The van der Waals surface area contributed by atoms with Gasteiger partial charge in [-0.05, 0) is 25.1 Å². The lowest BCUT2D eigenvalue weighted by atomic mass is 10.2. The zero-order valence-corrected chi connectivity index (χ0v) is 14.1. The van der Waals surface area contributed by atoms with Crippen LogP contribution in [0, 0.1) is 0 Å². The molecule has 1 aromatic carbocycles. The summed E-state index contributed by atoms with van der Waals surface area (Å²) in [5.41, 5.74) is 0.619. The molecule has 1 aliphatic heterocycles. The van der Waals surface area contributed by atoms with Crippen molar-refractivity contribution >= 4 is 33.2 Å². The standard InChI is InChI=1S/C14H18Cl2N2O2S/c1-2-17-10-11-12(15)6-7-13(14(11)16)21(19,20)18-8-4-3-5-9-18/h3-4,6-7,17H,2,5,8-10H2,1H3. The van der Waals surface area contributed by atoms with Crippen LogP contribution in [0.25, 0.3) is 0 Å². The molecule has 0 spiro atoms. The predicted octanol–water partition coefficient (Wildman–Crippen LogP) is 3.05. The molecule has 7 heteroatoms. The van der Waals surface area contributed by atoms with Crippen LogP contribution >= 0.6 is 23.2 Å². The first kappa shape index (κ1) is 16.8. The Kier molecular flexibility index (Phi) is 5.68. The fraction of sp³-hybridized carbons (Fsp3) is 0.429. The highest BCUT2D eigenvalue weighted by Gasteiger charge is 2.28. The van der Waals surface area contributed by atoms with Crippen LogP contribution in [0.5, 0.6) is 0 Å². The third kappa shape index (κ3) is 3.60.